The maximum atomic E-state index is 5.73. The van der Waals surface area contributed by atoms with Gasteiger partial charge in [-0.25, -0.2) is 4.98 Å². The molecule has 0 saturated carbocycles. The number of hydrogen-bond donors (Lipinski definition) is 1. The molecule has 0 unspecified atom stereocenters. The minimum atomic E-state index is 0.306. The van der Waals surface area contributed by atoms with Gasteiger partial charge in [-0.3, -0.25) is 4.68 Å². The Kier molecular flexibility index (Phi) is 5.61. The summed E-state index contributed by atoms with van der Waals surface area (Å²) in [5.41, 5.74) is 4.02. The molecule has 2 aromatic heterocycles. The van der Waals surface area contributed by atoms with Gasteiger partial charge < -0.3 is 10.1 Å². The average Bonchev–Trinajstić information content (AvgIpc) is 3.31. The van der Waals surface area contributed by atoms with Crippen molar-refractivity contribution in [2.75, 3.05) is 0 Å². The van der Waals surface area contributed by atoms with Crippen molar-refractivity contribution in [1.29, 1.82) is 0 Å². The van der Waals surface area contributed by atoms with Gasteiger partial charge in [0.2, 0.25) is 0 Å². The lowest BCUT2D eigenvalue weighted by molar-refractivity contribution is 0.302. The van der Waals surface area contributed by atoms with Crippen LogP contribution in [0.5, 0.6) is 5.75 Å². The summed E-state index contributed by atoms with van der Waals surface area (Å²) < 4.78 is 7.71. The van der Waals surface area contributed by atoms with Crippen molar-refractivity contribution < 1.29 is 4.74 Å². The molecule has 3 aromatic rings. The summed E-state index contributed by atoms with van der Waals surface area (Å²) in [7, 11) is 0. The predicted molar refractivity (Wildman–Crippen MR) is 96.1 cm³/mol. The van der Waals surface area contributed by atoms with E-state index in [1.54, 1.807) is 11.3 Å². The Balaban J connectivity index is 1.47. The van der Waals surface area contributed by atoms with Crippen LogP contribution in [-0.4, -0.2) is 20.8 Å². The van der Waals surface area contributed by atoms with Gasteiger partial charge in [-0.05, 0) is 37.6 Å². The lowest BCUT2D eigenvalue weighted by atomic mass is 10.1. The summed E-state index contributed by atoms with van der Waals surface area (Å²) in [5.74, 6) is 0.865. The summed E-state index contributed by atoms with van der Waals surface area (Å²) >= 11 is 1.58. The summed E-state index contributed by atoms with van der Waals surface area (Å²) in [6, 6.07) is 10.8. The number of rotatable bonds is 8. The van der Waals surface area contributed by atoms with Crippen LogP contribution in [0.2, 0.25) is 0 Å². The Bertz CT molecular complexity index is 710. The van der Waals surface area contributed by atoms with Gasteiger partial charge in [-0.15, -0.1) is 11.3 Å². The van der Waals surface area contributed by atoms with E-state index in [1.165, 1.54) is 5.56 Å². The van der Waals surface area contributed by atoms with E-state index in [0.29, 0.717) is 18.7 Å². The third-order valence-corrected chi connectivity index (χ3v) is 4.72. The molecule has 0 amide bonds. The molecule has 5 nitrogen and oxygen atoms in total. The molecule has 0 fully saturated rings. The second-order valence-electron chi connectivity index (χ2n) is 5.81. The van der Waals surface area contributed by atoms with Crippen molar-refractivity contribution >= 4 is 11.3 Å². The largest absolute Gasteiger partial charge is 0.487 e. The number of thiazole rings is 1. The van der Waals surface area contributed by atoms with E-state index in [-0.39, 0.29) is 0 Å². The minimum Gasteiger partial charge on any atom is -0.487 e. The molecule has 2 heterocycles. The smallest absolute Gasteiger partial charge is 0.131 e. The second-order valence-corrected chi connectivity index (χ2v) is 6.53. The normalized spacial score (nSPS) is 13.6. The van der Waals surface area contributed by atoms with E-state index in [9.17, 15) is 0 Å². The van der Waals surface area contributed by atoms with E-state index in [1.807, 2.05) is 46.2 Å². The van der Waals surface area contributed by atoms with Gasteiger partial charge in [-0.2, -0.15) is 5.10 Å². The lowest BCUT2D eigenvalue weighted by Crippen LogP contribution is -2.33. The van der Waals surface area contributed by atoms with Crippen LogP contribution in [0.15, 0.2) is 53.6 Å². The molecule has 0 aliphatic carbocycles. The zero-order valence-electron chi connectivity index (χ0n) is 13.9. The van der Waals surface area contributed by atoms with E-state index < -0.39 is 0 Å². The topological polar surface area (TPSA) is 52.0 Å². The number of nitrogens with one attached hydrogen (secondary N) is 1. The molecule has 0 saturated heterocycles. The molecule has 24 heavy (non-hydrogen) atoms. The van der Waals surface area contributed by atoms with Crippen molar-refractivity contribution in [3.8, 4) is 5.75 Å². The highest BCUT2D eigenvalue weighted by Crippen LogP contribution is 2.15. The first-order valence-corrected chi connectivity index (χ1v) is 8.98. The Labute approximate surface area is 146 Å². The highest BCUT2D eigenvalue weighted by molar-refractivity contribution is 7.07. The second kappa shape index (κ2) is 8.08. The Morgan fingerprint density at radius 1 is 1.25 bits per heavy atom. The van der Waals surface area contributed by atoms with Gasteiger partial charge in [0.15, 0.2) is 0 Å². The molecule has 0 spiro atoms. The van der Waals surface area contributed by atoms with E-state index in [0.717, 1.165) is 18.0 Å². The Hall–Kier alpha value is -2.18. The summed E-state index contributed by atoms with van der Waals surface area (Å²) in [5, 5.41) is 9.85. The SMILES string of the molecule is C[C@H](NCc1ccc(OCc2cscn2)cc1)[C@H](C)n1cccn1. The first-order chi connectivity index (χ1) is 11.7. The van der Waals surface area contributed by atoms with E-state index in [2.05, 4.69) is 41.4 Å². The molecule has 2 atom stereocenters. The lowest BCUT2D eigenvalue weighted by Gasteiger charge is -2.22. The molecule has 0 aliphatic rings. The first-order valence-electron chi connectivity index (χ1n) is 8.03. The number of benzene rings is 1. The Morgan fingerprint density at radius 3 is 2.75 bits per heavy atom. The van der Waals surface area contributed by atoms with Gasteiger partial charge in [0.25, 0.3) is 0 Å². The van der Waals surface area contributed by atoms with E-state index >= 15 is 0 Å². The molecular formula is C18H22N4OS. The molecule has 3 rings (SSSR count). The van der Waals surface area contributed by atoms with Crippen LogP contribution < -0.4 is 10.1 Å². The van der Waals surface area contributed by atoms with Gasteiger partial charge in [-0.1, -0.05) is 12.1 Å². The monoisotopic (exact) mass is 342 g/mol. The predicted octanol–water partition coefficient (Wildman–Crippen LogP) is 3.66. The average molecular weight is 342 g/mol. The summed E-state index contributed by atoms with van der Waals surface area (Å²) in [6.45, 7) is 5.68. The third kappa shape index (κ3) is 4.43. The van der Waals surface area contributed by atoms with Crippen molar-refractivity contribution in [3.05, 3.63) is 64.9 Å². The highest BCUT2D eigenvalue weighted by Gasteiger charge is 2.13. The fraction of sp³-hybridized carbons (Fsp3) is 0.333. The maximum absolute atomic E-state index is 5.73. The van der Waals surface area contributed by atoms with Gasteiger partial charge in [0.1, 0.15) is 12.4 Å². The first kappa shape index (κ1) is 16.7. The highest BCUT2D eigenvalue weighted by atomic mass is 32.1. The van der Waals surface area contributed by atoms with Gasteiger partial charge in [0.05, 0.1) is 17.2 Å². The molecule has 126 valence electrons. The van der Waals surface area contributed by atoms with Crippen LogP contribution in [0, 0.1) is 0 Å². The standard InChI is InChI=1S/C18H22N4OS/c1-14(15(2)22-9-3-8-21-22)19-10-16-4-6-18(7-5-16)23-11-17-12-24-13-20-17/h3-9,12-15,19H,10-11H2,1-2H3/t14-,15-/m0/s1. The van der Waals surface area contributed by atoms with Crippen molar-refractivity contribution in [2.24, 2.45) is 0 Å². The molecule has 0 aliphatic heterocycles. The molecular weight excluding hydrogens is 320 g/mol. The van der Waals surface area contributed by atoms with Crippen LogP contribution in [0.25, 0.3) is 0 Å². The number of nitrogens with zero attached hydrogens (tertiary/aromatic N) is 3. The summed E-state index contributed by atoms with van der Waals surface area (Å²) in [6.07, 6.45) is 3.81. The van der Waals surface area contributed by atoms with Crippen LogP contribution in [0.4, 0.5) is 0 Å². The van der Waals surface area contributed by atoms with Crippen LogP contribution >= 0.6 is 11.3 Å². The third-order valence-electron chi connectivity index (χ3n) is 4.09. The zero-order chi connectivity index (χ0) is 16.8. The number of ether oxygens (including phenoxy) is 1. The molecule has 6 heteroatoms. The number of hydrogen-bond acceptors (Lipinski definition) is 5. The van der Waals surface area contributed by atoms with Crippen LogP contribution in [-0.2, 0) is 13.2 Å². The molecule has 1 aromatic carbocycles. The zero-order valence-corrected chi connectivity index (χ0v) is 14.7. The molecule has 0 bridgehead atoms. The van der Waals surface area contributed by atoms with Crippen molar-refractivity contribution in [2.45, 2.75) is 39.1 Å². The van der Waals surface area contributed by atoms with Crippen molar-refractivity contribution in [3.63, 3.8) is 0 Å². The molecule has 0 radical (unpaired) electrons. The fourth-order valence-corrected chi connectivity index (χ4v) is 2.91. The summed E-state index contributed by atoms with van der Waals surface area (Å²) in [4.78, 5) is 4.21. The van der Waals surface area contributed by atoms with Gasteiger partial charge in [0, 0.05) is 30.4 Å². The van der Waals surface area contributed by atoms with Crippen molar-refractivity contribution in [1.82, 2.24) is 20.1 Å². The van der Waals surface area contributed by atoms with E-state index in [4.69, 9.17) is 4.74 Å². The maximum Gasteiger partial charge on any atom is 0.131 e. The Morgan fingerprint density at radius 2 is 2.08 bits per heavy atom. The van der Waals surface area contributed by atoms with Crippen LogP contribution in [0.3, 0.4) is 0 Å². The molecule has 1 N–H and O–H groups in total. The minimum absolute atomic E-state index is 0.306. The fourth-order valence-electron chi connectivity index (χ4n) is 2.37. The van der Waals surface area contributed by atoms with Crippen LogP contribution in [0.1, 0.15) is 31.1 Å². The quantitative estimate of drug-likeness (QED) is 0.679. The van der Waals surface area contributed by atoms with Gasteiger partial charge >= 0.3 is 0 Å². The number of aromatic nitrogens is 3.